The molecule has 2 N–H and O–H groups in total. The van der Waals surface area contributed by atoms with E-state index in [1.807, 2.05) is 66.7 Å². The van der Waals surface area contributed by atoms with Crippen LogP contribution >= 0.6 is 0 Å². The second-order valence-electron chi connectivity index (χ2n) is 9.67. The summed E-state index contributed by atoms with van der Waals surface area (Å²) >= 11 is 0. The van der Waals surface area contributed by atoms with Crippen LogP contribution < -0.4 is 4.74 Å². The molecular formula is C31H28N2O5. The highest BCUT2D eigenvalue weighted by Gasteiger charge is 2.33. The molecule has 0 bridgehead atoms. The van der Waals surface area contributed by atoms with Crippen molar-refractivity contribution in [3.63, 3.8) is 0 Å². The molecular weight excluding hydrogens is 480 g/mol. The van der Waals surface area contributed by atoms with Crippen LogP contribution in [0.3, 0.4) is 0 Å². The number of fused-ring (bicyclic) bond motifs is 3. The number of benzene rings is 3. The fraction of sp³-hybridized carbons (Fsp3) is 0.226. The van der Waals surface area contributed by atoms with Crippen molar-refractivity contribution in [2.24, 2.45) is 0 Å². The Balaban J connectivity index is 1.53. The minimum absolute atomic E-state index is 0.0349. The van der Waals surface area contributed by atoms with Gasteiger partial charge in [-0.05, 0) is 43.1 Å². The highest BCUT2D eigenvalue weighted by atomic mass is 16.5. The molecule has 7 heteroatoms. The second-order valence-corrected chi connectivity index (χ2v) is 9.67. The monoisotopic (exact) mass is 508 g/mol. The maximum absolute atomic E-state index is 12.3. The zero-order chi connectivity index (χ0) is 26.1. The molecule has 3 aromatic carbocycles. The number of carboxylic acids is 1. The Morgan fingerprint density at radius 1 is 1.00 bits per heavy atom. The van der Waals surface area contributed by atoms with E-state index in [-0.39, 0.29) is 11.3 Å². The van der Waals surface area contributed by atoms with Crippen molar-refractivity contribution in [2.45, 2.75) is 31.9 Å². The highest BCUT2D eigenvalue weighted by Crippen LogP contribution is 2.47. The minimum Gasteiger partial charge on any atom is -0.507 e. The van der Waals surface area contributed by atoms with Crippen molar-refractivity contribution in [2.75, 3.05) is 13.1 Å². The first kappa shape index (κ1) is 24.0. The number of nitrogens with zero attached hydrogens (tertiary/aromatic N) is 2. The van der Waals surface area contributed by atoms with Gasteiger partial charge in [0.15, 0.2) is 0 Å². The first-order chi connectivity index (χ1) is 18.6. The van der Waals surface area contributed by atoms with Crippen LogP contribution in [-0.2, 0) is 6.61 Å². The predicted octanol–water partition coefficient (Wildman–Crippen LogP) is 6.54. The lowest BCUT2D eigenvalue weighted by atomic mass is 9.88. The zero-order valence-corrected chi connectivity index (χ0v) is 20.8. The molecule has 0 amide bonds. The molecule has 1 atom stereocenters. The molecule has 0 radical (unpaired) electrons. The topological polar surface area (TPSA) is 96.0 Å². The summed E-state index contributed by atoms with van der Waals surface area (Å²) in [5.41, 5.74) is 2.93. The number of phenols is 1. The number of ether oxygens (including phenoxy) is 1. The van der Waals surface area contributed by atoms with Gasteiger partial charge in [-0.25, -0.2) is 9.78 Å². The molecule has 1 saturated heterocycles. The number of hydrogen-bond donors (Lipinski definition) is 2. The number of likely N-dealkylation sites (tertiary alicyclic amines) is 1. The van der Waals surface area contributed by atoms with Crippen molar-refractivity contribution in [1.82, 2.24) is 9.88 Å². The van der Waals surface area contributed by atoms with Crippen LogP contribution in [0.1, 0.15) is 52.4 Å². The Labute approximate surface area is 219 Å². The van der Waals surface area contributed by atoms with Crippen LogP contribution in [0.25, 0.3) is 21.7 Å². The van der Waals surface area contributed by atoms with Gasteiger partial charge in [-0.1, -0.05) is 61.0 Å². The van der Waals surface area contributed by atoms with Crippen molar-refractivity contribution in [3.8, 4) is 11.6 Å². The standard InChI is InChI=1S/C31H28N2O5/c34-29-22-11-5-6-12-23(22)30-26(24(19-38-30)31(35)36)27(29)28(33-15-7-2-8-16-33)21-13-14-32-25(17-21)37-18-20-9-3-1-4-10-20/h1,3-6,9-14,17,19,28,34H,2,7-8,15-16,18H2,(H,35,36). The molecule has 7 nitrogen and oxygen atoms in total. The summed E-state index contributed by atoms with van der Waals surface area (Å²) in [7, 11) is 0. The zero-order valence-electron chi connectivity index (χ0n) is 20.8. The molecule has 5 aromatic rings. The predicted molar refractivity (Wildman–Crippen MR) is 145 cm³/mol. The van der Waals surface area contributed by atoms with Crippen LogP contribution in [-0.4, -0.2) is 39.2 Å². The van der Waals surface area contributed by atoms with Crippen molar-refractivity contribution in [3.05, 3.63) is 101 Å². The van der Waals surface area contributed by atoms with E-state index in [0.717, 1.165) is 43.5 Å². The number of carboxylic acid groups (broad SMARTS) is 1. The third kappa shape index (κ3) is 4.35. The quantitative estimate of drug-likeness (QED) is 0.258. The second kappa shape index (κ2) is 10.2. The van der Waals surface area contributed by atoms with Crippen LogP contribution in [0, 0.1) is 0 Å². The first-order valence-electron chi connectivity index (χ1n) is 12.9. The van der Waals surface area contributed by atoms with E-state index < -0.39 is 12.0 Å². The van der Waals surface area contributed by atoms with Gasteiger partial charge in [-0.2, -0.15) is 0 Å². The number of phenolic OH excluding ortho intramolecular Hbond substituents is 1. The summed E-state index contributed by atoms with van der Waals surface area (Å²) in [6.45, 7) is 2.02. The Hall–Kier alpha value is -4.36. The lowest BCUT2D eigenvalue weighted by Crippen LogP contribution is -2.34. The molecule has 0 spiro atoms. The van der Waals surface area contributed by atoms with Crippen molar-refractivity contribution < 1.29 is 24.2 Å². The van der Waals surface area contributed by atoms with Gasteiger partial charge in [0.05, 0.1) is 6.04 Å². The van der Waals surface area contributed by atoms with E-state index in [4.69, 9.17) is 9.15 Å². The lowest BCUT2D eigenvalue weighted by molar-refractivity contribution is 0.0698. The van der Waals surface area contributed by atoms with Crippen LogP contribution in [0.4, 0.5) is 0 Å². The van der Waals surface area contributed by atoms with Crippen LogP contribution in [0.15, 0.2) is 83.6 Å². The van der Waals surface area contributed by atoms with Crippen LogP contribution in [0.2, 0.25) is 0 Å². The van der Waals surface area contributed by atoms with E-state index >= 15 is 0 Å². The molecule has 0 saturated carbocycles. The van der Waals surface area contributed by atoms with Crippen molar-refractivity contribution in [1.29, 1.82) is 0 Å². The van der Waals surface area contributed by atoms with Gasteiger partial charge in [-0.15, -0.1) is 0 Å². The SMILES string of the molecule is O=C(O)c1coc2c1c(C(c1ccnc(OCc3ccccc3)c1)N1CCCCC1)c(O)c1ccccc12. The van der Waals surface area contributed by atoms with Gasteiger partial charge < -0.3 is 19.4 Å². The molecule has 1 fully saturated rings. The summed E-state index contributed by atoms with van der Waals surface area (Å²) in [5.74, 6) is -0.564. The lowest BCUT2D eigenvalue weighted by Gasteiger charge is -2.36. The molecule has 192 valence electrons. The Morgan fingerprint density at radius 2 is 1.74 bits per heavy atom. The summed E-state index contributed by atoms with van der Waals surface area (Å²) < 4.78 is 11.9. The number of carbonyl (C=O) groups is 1. The molecule has 0 aliphatic carbocycles. The van der Waals surface area contributed by atoms with E-state index in [9.17, 15) is 15.0 Å². The number of furan rings is 1. The van der Waals surface area contributed by atoms with E-state index in [0.29, 0.717) is 39.8 Å². The Morgan fingerprint density at radius 3 is 2.50 bits per heavy atom. The third-order valence-corrected chi connectivity index (χ3v) is 7.31. The molecule has 38 heavy (non-hydrogen) atoms. The van der Waals surface area contributed by atoms with Gasteiger partial charge in [0.25, 0.3) is 0 Å². The molecule has 1 aliphatic rings. The first-order valence-corrected chi connectivity index (χ1v) is 12.9. The summed E-state index contributed by atoms with van der Waals surface area (Å²) in [4.78, 5) is 19.0. The number of pyridine rings is 1. The molecule has 1 aliphatic heterocycles. The molecule has 6 rings (SSSR count). The normalized spacial score (nSPS) is 15.1. The fourth-order valence-electron chi connectivity index (χ4n) is 5.54. The van der Waals surface area contributed by atoms with E-state index in [1.54, 1.807) is 6.20 Å². The van der Waals surface area contributed by atoms with Crippen LogP contribution in [0.5, 0.6) is 11.6 Å². The van der Waals surface area contributed by atoms with Gasteiger partial charge in [0.2, 0.25) is 5.88 Å². The largest absolute Gasteiger partial charge is 0.507 e. The van der Waals surface area contributed by atoms with E-state index in [1.165, 1.54) is 6.26 Å². The summed E-state index contributed by atoms with van der Waals surface area (Å²) in [6.07, 6.45) is 6.16. The number of aromatic nitrogens is 1. The fourth-order valence-corrected chi connectivity index (χ4v) is 5.54. The van der Waals surface area contributed by atoms with Gasteiger partial charge in [-0.3, -0.25) is 4.90 Å². The number of hydrogen-bond acceptors (Lipinski definition) is 6. The average molecular weight is 509 g/mol. The number of aromatic hydroxyl groups is 1. The third-order valence-electron chi connectivity index (χ3n) is 7.31. The number of aromatic carboxylic acids is 1. The molecule has 3 heterocycles. The maximum Gasteiger partial charge on any atom is 0.339 e. The average Bonchev–Trinajstić information content (AvgIpc) is 3.41. The maximum atomic E-state index is 12.3. The number of piperidine rings is 1. The smallest absolute Gasteiger partial charge is 0.339 e. The van der Waals surface area contributed by atoms with Crippen molar-refractivity contribution >= 4 is 27.7 Å². The van der Waals surface area contributed by atoms with Gasteiger partial charge >= 0.3 is 5.97 Å². The van der Waals surface area contributed by atoms with E-state index in [2.05, 4.69) is 9.88 Å². The molecule has 1 unspecified atom stereocenters. The summed E-state index contributed by atoms with van der Waals surface area (Å²) in [5, 5.41) is 23.5. The molecule has 2 aromatic heterocycles. The highest BCUT2D eigenvalue weighted by molar-refractivity contribution is 6.15. The number of rotatable bonds is 7. The summed E-state index contributed by atoms with van der Waals surface area (Å²) in [6, 6.07) is 20.7. The van der Waals surface area contributed by atoms with Gasteiger partial charge in [0.1, 0.15) is 29.8 Å². The minimum atomic E-state index is -1.10. The van der Waals surface area contributed by atoms with Gasteiger partial charge in [0, 0.05) is 34.0 Å². The Bertz CT molecular complexity index is 1610. The Kier molecular flexibility index (Phi) is 6.43.